The molecule has 1 N–H and O–H groups in total. The first kappa shape index (κ1) is 19.6. The topological polar surface area (TPSA) is 72.7 Å². The third-order valence-corrected chi connectivity index (χ3v) is 5.20. The fraction of sp³-hybridized carbons (Fsp3) is 0.263. The molecule has 3 aromatic rings. The molecule has 2 heterocycles. The lowest BCUT2D eigenvalue weighted by Gasteiger charge is -2.09. The van der Waals surface area contributed by atoms with E-state index in [9.17, 15) is 4.79 Å². The van der Waals surface area contributed by atoms with Crippen LogP contribution in [0.15, 0.2) is 52.2 Å². The molecule has 0 fully saturated rings. The number of nitrogens with one attached hydrogen (secondary N) is 1. The smallest absolute Gasteiger partial charge is 0.236 e. The predicted octanol–water partition coefficient (Wildman–Crippen LogP) is 4.55. The summed E-state index contributed by atoms with van der Waals surface area (Å²) in [5.41, 5.74) is 2.21. The second-order valence-corrected chi connectivity index (χ2v) is 7.88. The van der Waals surface area contributed by atoms with Crippen LogP contribution < -0.4 is 5.32 Å². The summed E-state index contributed by atoms with van der Waals surface area (Å²) in [4.78, 5) is 16.4. The van der Waals surface area contributed by atoms with E-state index in [0.717, 1.165) is 34.0 Å². The van der Waals surface area contributed by atoms with Crippen LogP contribution in [0.1, 0.15) is 18.9 Å². The highest BCUT2D eigenvalue weighted by atomic mass is 79.9. The van der Waals surface area contributed by atoms with Gasteiger partial charge in [0.2, 0.25) is 5.91 Å². The largest absolute Gasteiger partial charge is 0.310 e. The molecular formula is C19H20BrN5OS. The van der Waals surface area contributed by atoms with Crippen LogP contribution in [-0.2, 0) is 11.3 Å². The van der Waals surface area contributed by atoms with Crippen molar-refractivity contribution in [2.24, 2.45) is 0 Å². The molecule has 1 amide bonds. The first-order valence-electron chi connectivity index (χ1n) is 8.61. The molecule has 0 aliphatic carbocycles. The van der Waals surface area contributed by atoms with Gasteiger partial charge in [0.1, 0.15) is 5.82 Å². The van der Waals surface area contributed by atoms with Gasteiger partial charge < -0.3 is 9.88 Å². The third-order valence-electron chi connectivity index (χ3n) is 3.77. The second-order valence-electron chi connectivity index (χ2n) is 6.03. The maximum Gasteiger partial charge on any atom is 0.236 e. The molecule has 0 saturated carbocycles. The Morgan fingerprint density at radius 2 is 2.11 bits per heavy atom. The van der Waals surface area contributed by atoms with Gasteiger partial charge in [0.05, 0.1) is 5.75 Å². The molecule has 2 aromatic heterocycles. The SMILES string of the molecule is CCCn1c(SCC(=O)Nc2ccc(Br)cn2)nnc1-c1cccc(C)c1. The molecule has 0 aliphatic rings. The van der Waals surface area contributed by atoms with Gasteiger partial charge in [-0.1, -0.05) is 42.4 Å². The predicted molar refractivity (Wildman–Crippen MR) is 112 cm³/mol. The second kappa shape index (κ2) is 9.14. The lowest BCUT2D eigenvalue weighted by atomic mass is 10.1. The molecule has 0 saturated heterocycles. The van der Waals surface area contributed by atoms with Crippen LogP contribution in [0.4, 0.5) is 5.82 Å². The van der Waals surface area contributed by atoms with Gasteiger partial charge in [0.15, 0.2) is 11.0 Å². The lowest BCUT2D eigenvalue weighted by molar-refractivity contribution is -0.113. The van der Waals surface area contributed by atoms with Gasteiger partial charge in [-0.2, -0.15) is 0 Å². The lowest BCUT2D eigenvalue weighted by Crippen LogP contribution is -2.15. The maximum absolute atomic E-state index is 12.2. The van der Waals surface area contributed by atoms with Crippen LogP contribution in [0, 0.1) is 6.92 Å². The Morgan fingerprint density at radius 3 is 2.81 bits per heavy atom. The molecule has 8 heteroatoms. The Balaban J connectivity index is 1.71. The van der Waals surface area contributed by atoms with E-state index in [4.69, 9.17) is 0 Å². The van der Waals surface area contributed by atoms with E-state index in [2.05, 4.69) is 67.0 Å². The average molecular weight is 446 g/mol. The molecule has 0 aliphatic heterocycles. The van der Waals surface area contributed by atoms with E-state index < -0.39 is 0 Å². The van der Waals surface area contributed by atoms with Gasteiger partial charge in [-0.3, -0.25) is 4.79 Å². The molecular weight excluding hydrogens is 426 g/mol. The Labute approximate surface area is 170 Å². The number of carbonyl (C=O) groups is 1. The molecule has 0 spiro atoms. The molecule has 3 rings (SSSR count). The molecule has 0 radical (unpaired) electrons. The molecule has 140 valence electrons. The fourth-order valence-corrected chi connectivity index (χ4v) is 3.58. The van der Waals surface area contributed by atoms with Crippen molar-refractivity contribution < 1.29 is 4.79 Å². The van der Waals surface area contributed by atoms with Crippen LogP contribution in [0.5, 0.6) is 0 Å². The van der Waals surface area contributed by atoms with Crippen molar-refractivity contribution in [1.29, 1.82) is 0 Å². The van der Waals surface area contributed by atoms with Crippen molar-refractivity contribution in [3.05, 3.63) is 52.6 Å². The monoisotopic (exact) mass is 445 g/mol. The molecule has 6 nitrogen and oxygen atoms in total. The first-order chi connectivity index (χ1) is 13.1. The fourth-order valence-electron chi connectivity index (χ4n) is 2.58. The number of hydrogen-bond acceptors (Lipinski definition) is 5. The summed E-state index contributed by atoms with van der Waals surface area (Å²) in [7, 11) is 0. The van der Waals surface area contributed by atoms with E-state index in [1.807, 2.05) is 18.2 Å². The number of rotatable bonds is 7. The number of benzene rings is 1. The summed E-state index contributed by atoms with van der Waals surface area (Å²) >= 11 is 4.70. The zero-order valence-electron chi connectivity index (χ0n) is 15.1. The number of thioether (sulfide) groups is 1. The van der Waals surface area contributed by atoms with E-state index in [0.29, 0.717) is 5.82 Å². The van der Waals surface area contributed by atoms with Crippen molar-refractivity contribution in [3.63, 3.8) is 0 Å². The number of pyridine rings is 1. The summed E-state index contributed by atoms with van der Waals surface area (Å²) in [6, 6.07) is 11.8. The Morgan fingerprint density at radius 1 is 1.26 bits per heavy atom. The van der Waals surface area contributed by atoms with Gasteiger partial charge in [-0.05, 0) is 47.5 Å². The van der Waals surface area contributed by atoms with Gasteiger partial charge in [-0.25, -0.2) is 4.98 Å². The Hall–Kier alpha value is -2.19. The first-order valence-corrected chi connectivity index (χ1v) is 10.4. The van der Waals surface area contributed by atoms with E-state index in [1.54, 1.807) is 12.3 Å². The molecule has 0 atom stereocenters. The highest BCUT2D eigenvalue weighted by Crippen LogP contribution is 2.25. The van der Waals surface area contributed by atoms with E-state index in [1.165, 1.54) is 17.3 Å². The molecule has 0 bridgehead atoms. The normalized spacial score (nSPS) is 10.8. The molecule has 1 aromatic carbocycles. The number of aromatic nitrogens is 4. The van der Waals surface area contributed by atoms with E-state index >= 15 is 0 Å². The van der Waals surface area contributed by atoms with Gasteiger partial charge in [-0.15, -0.1) is 10.2 Å². The van der Waals surface area contributed by atoms with Crippen molar-refractivity contribution in [3.8, 4) is 11.4 Å². The van der Waals surface area contributed by atoms with Crippen LogP contribution in [0.2, 0.25) is 0 Å². The number of halogens is 1. The highest BCUT2D eigenvalue weighted by Gasteiger charge is 2.15. The quantitative estimate of drug-likeness (QED) is 0.539. The summed E-state index contributed by atoms with van der Waals surface area (Å²) in [5, 5.41) is 12.2. The summed E-state index contributed by atoms with van der Waals surface area (Å²) in [5.74, 6) is 1.48. The van der Waals surface area contributed by atoms with Crippen molar-refractivity contribution >= 4 is 39.4 Å². The number of amides is 1. The van der Waals surface area contributed by atoms with Crippen molar-refractivity contribution in [1.82, 2.24) is 19.7 Å². The van der Waals surface area contributed by atoms with Crippen molar-refractivity contribution in [2.45, 2.75) is 32.0 Å². The highest BCUT2D eigenvalue weighted by molar-refractivity contribution is 9.10. The molecule has 27 heavy (non-hydrogen) atoms. The van der Waals surface area contributed by atoms with Gasteiger partial charge in [0.25, 0.3) is 0 Å². The summed E-state index contributed by atoms with van der Waals surface area (Å²) < 4.78 is 2.94. The number of hydrogen-bond donors (Lipinski definition) is 1. The Bertz CT molecular complexity index is 926. The van der Waals surface area contributed by atoms with Crippen LogP contribution >= 0.6 is 27.7 Å². The third kappa shape index (κ3) is 5.17. The summed E-state index contributed by atoms with van der Waals surface area (Å²) in [6.45, 7) is 4.97. The van der Waals surface area contributed by atoms with Crippen LogP contribution in [0.25, 0.3) is 11.4 Å². The van der Waals surface area contributed by atoms with Crippen LogP contribution in [-0.4, -0.2) is 31.4 Å². The number of carbonyl (C=O) groups excluding carboxylic acids is 1. The maximum atomic E-state index is 12.2. The van der Waals surface area contributed by atoms with Crippen molar-refractivity contribution in [2.75, 3.05) is 11.1 Å². The number of nitrogens with zero attached hydrogens (tertiary/aromatic N) is 4. The summed E-state index contributed by atoms with van der Waals surface area (Å²) in [6.07, 6.45) is 2.61. The number of anilines is 1. The number of aryl methyl sites for hydroxylation is 1. The standard InChI is InChI=1S/C19H20BrN5OS/c1-3-9-25-18(14-6-4-5-13(2)10-14)23-24-19(25)27-12-17(26)22-16-8-7-15(20)11-21-16/h4-8,10-11H,3,9,12H2,1-2H3,(H,21,22,26). The van der Waals surface area contributed by atoms with Gasteiger partial charge in [0, 0.05) is 22.8 Å². The average Bonchev–Trinajstić information content (AvgIpc) is 3.05. The minimum atomic E-state index is -0.127. The zero-order chi connectivity index (χ0) is 19.2. The molecule has 0 unspecified atom stereocenters. The zero-order valence-corrected chi connectivity index (χ0v) is 17.5. The minimum Gasteiger partial charge on any atom is -0.310 e. The minimum absolute atomic E-state index is 0.127. The van der Waals surface area contributed by atoms with Gasteiger partial charge >= 0.3 is 0 Å². The van der Waals surface area contributed by atoms with E-state index in [-0.39, 0.29) is 11.7 Å². The van der Waals surface area contributed by atoms with Crippen LogP contribution in [0.3, 0.4) is 0 Å². The Kier molecular flexibility index (Phi) is 6.63.